The maximum absolute atomic E-state index is 13.1. The zero-order chi connectivity index (χ0) is 16.6. The standard InChI is InChI=1S/C16H18F3N3O/c1-10(15-20-14(21-23-15)11-7-8-11)22(2)9-12-5-3-4-6-13(12)16(17,18)19/h3-6,10-11H,7-9H2,1-2H3/t10-/m0/s1. The molecular formula is C16H18F3N3O. The van der Waals surface area contributed by atoms with Crippen LogP contribution in [0, 0.1) is 0 Å². The zero-order valence-electron chi connectivity index (χ0n) is 13.0. The average Bonchev–Trinajstić information content (AvgIpc) is 3.23. The number of aromatic nitrogens is 2. The summed E-state index contributed by atoms with van der Waals surface area (Å²) in [5, 5.41) is 3.95. The molecule has 1 heterocycles. The van der Waals surface area contributed by atoms with Crippen LogP contribution in [0.1, 0.15) is 54.6 Å². The number of benzene rings is 1. The van der Waals surface area contributed by atoms with Crippen LogP contribution in [0.2, 0.25) is 0 Å². The fourth-order valence-electron chi connectivity index (χ4n) is 2.45. The van der Waals surface area contributed by atoms with Gasteiger partial charge in [0.2, 0.25) is 5.89 Å². The molecule has 124 valence electrons. The molecular weight excluding hydrogens is 307 g/mol. The molecule has 1 saturated carbocycles. The van der Waals surface area contributed by atoms with E-state index in [0.717, 1.165) is 18.9 Å². The van der Waals surface area contributed by atoms with Crippen LogP contribution in [0.4, 0.5) is 13.2 Å². The van der Waals surface area contributed by atoms with Crippen LogP contribution in [0.25, 0.3) is 0 Å². The van der Waals surface area contributed by atoms with Crippen LogP contribution in [0.3, 0.4) is 0 Å². The molecule has 23 heavy (non-hydrogen) atoms. The summed E-state index contributed by atoms with van der Waals surface area (Å²) in [4.78, 5) is 6.14. The first-order valence-corrected chi connectivity index (χ1v) is 7.55. The summed E-state index contributed by atoms with van der Waals surface area (Å²) >= 11 is 0. The Morgan fingerprint density at radius 1 is 1.30 bits per heavy atom. The highest BCUT2D eigenvalue weighted by Crippen LogP contribution is 2.39. The van der Waals surface area contributed by atoms with E-state index in [1.807, 2.05) is 6.92 Å². The average molecular weight is 325 g/mol. The predicted octanol–water partition coefficient (Wildman–Crippen LogP) is 4.16. The molecule has 0 aliphatic heterocycles. The maximum atomic E-state index is 13.1. The van der Waals surface area contributed by atoms with Crippen molar-refractivity contribution in [3.63, 3.8) is 0 Å². The molecule has 0 saturated heterocycles. The SMILES string of the molecule is C[C@@H](c1nc(C2CC2)no1)N(C)Cc1ccccc1C(F)(F)F. The maximum Gasteiger partial charge on any atom is 0.416 e. The third-order valence-corrected chi connectivity index (χ3v) is 4.16. The number of rotatable bonds is 5. The fraction of sp³-hybridized carbons (Fsp3) is 0.500. The molecule has 0 radical (unpaired) electrons. The van der Waals surface area contributed by atoms with E-state index in [1.165, 1.54) is 12.1 Å². The van der Waals surface area contributed by atoms with Crippen LogP contribution in [-0.4, -0.2) is 22.1 Å². The molecule has 0 N–H and O–H groups in total. The molecule has 0 spiro atoms. The zero-order valence-corrected chi connectivity index (χ0v) is 13.0. The van der Waals surface area contributed by atoms with Gasteiger partial charge in [0.1, 0.15) is 0 Å². The molecule has 1 aliphatic rings. The van der Waals surface area contributed by atoms with Crippen LogP contribution < -0.4 is 0 Å². The Labute approximate surface area is 132 Å². The monoisotopic (exact) mass is 325 g/mol. The van der Waals surface area contributed by atoms with Gasteiger partial charge >= 0.3 is 6.18 Å². The van der Waals surface area contributed by atoms with Crippen LogP contribution in [0.15, 0.2) is 28.8 Å². The van der Waals surface area contributed by atoms with E-state index in [0.29, 0.717) is 17.6 Å². The van der Waals surface area contributed by atoms with E-state index < -0.39 is 11.7 Å². The first kappa shape index (κ1) is 16.0. The highest BCUT2D eigenvalue weighted by molar-refractivity contribution is 5.29. The molecule has 0 amide bonds. The van der Waals surface area contributed by atoms with Gasteiger partial charge < -0.3 is 4.52 Å². The Hall–Kier alpha value is -1.89. The summed E-state index contributed by atoms with van der Waals surface area (Å²) in [7, 11) is 1.75. The van der Waals surface area contributed by atoms with Crippen molar-refractivity contribution in [1.29, 1.82) is 0 Å². The molecule has 1 fully saturated rings. The molecule has 1 aromatic carbocycles. The molecule has 0 bridgehead atoms. The van der Waals surface area contributed by atoms with Crippen molar-refractivity contribution in [3.05, 3.63) is 47.1 Å². The van der Waals surface area contributed by atoms with Crippen LogP contribution >= 0.6 is 0 Å². The summed E-state index contributed by atoms with van der Waals surface area (Å²) < 4.78 is 44.4. The van der Waals surface area contributed by atoms with Gasteiger partial charge in [0, 0.05) is 12.5 Å². The first-order valence-electron chi connectivity index (χ1n) is 7.55. The van der Waals surface area contributed by atoms with Crippen molar-refractivity contribution in [2.24, 2.45) is 0 Å². The molecule has 7 heteroatoms. The fourth-order valence-corrected chi connectivity index (χ4v) is 2.45. The van der Waals surface area contributed by atoms with Gasteiger partial charge in [-0.2, -0.15) is 18.2 Å². The van der Waals surface area contributed by atoms with Crippen molar-refractivity contribution in [2.45, 2.75) is 44.4 Å². The topological polar surface area (TPSA) is 42.2 Å². The minimum Gasteiger partial charge on any atom is -0.338 e. The Morgan fingerprint density at radius 2 is 2.00 bits per heavy atom. The Morgan fingerprint density at radius 3 is 2.65 bits per heavy atom. The first-order chi connectivity index (χ1) is 10.9. The number of halogens is 3. The number of hydrogen-bond donors (Lipinski definition) is 0. The van der Waals surface area contributed by atoms with E-state index in [9.17, 15) is 13.2 Å². The molecule has 1 aliphatic carbocycles. The van der Waals surface area contributed by atoms with Gasteiger partial charge in [0.25, 0.3) is 0 Å². The summed E-state index contributed by atoms with van der Waals surface area (Å²) in [5.41, 5.74) is -0.375. The van der Waals surface area contributed by atoms with E-state index in [1.54, 1.807) is 18.0 Å². The third-order valence-electron chi connectivity index (χ3n) is 4.16. The van der Waals surface area contributed by atoms with E-state index >= 15 is 0 Å². The van der Waals surface area contributed by atoms with Gasteiger partial charge in [-0.15, -0.1) is 0 Å². The van der Waals surface area contributed by atoms with Crippen molar-refractivity contribution in [1.82, 2.24) is 15.0 Å². The van der Waals surface area contributed by atoms with Crippen molar-refractivity contribution >= 4 is 0 Å². The number of alkyl halides is 3. The lowest BCUT2D eigenvalue weighted by atomic mass is 10.1. The van der Waals surface area contributed by atoms with E-state index in [4.69, 9.17) is 4.52 Å². The van der Waals surface area contributed by atoms with Crippen LogP contribution in [-0.2, 0) is 12.7 Å². The molecule has 0 unspecified atom stereocenters. The Balaban J connectivity index is 1.74. The highest BCUT2D eigenvalue weighted by atomic mass is 19.4. The van der Waals surface area contributed by atoms with Gasteiger partial charge in [0.05, 0.1) is 11.6 Å². The minimum atomic E-state index is -4.36. The van der Waals surface area contributed by atoms with Gasteiger partial charge in [0.15, 0.2) is 5.82 Å². The second-order valence-corrected chi connectivity index (χ2v) is 6.01. The molecule has 1 aromatic heterocycles. The lowest BCUT2D eigenvalue weighted by Crippen LogP contribution is -2.24. The van der Waals surface area contributed by atoms with Crippen molar-refractivity contribution in [2.75, 3.05) is 7.05 Å². The summed E-state index contributed by atoms with van der Waals surface area (Å²) in [6, 6.07) is 5.36. The lowest BCUT2D eigenvalue weighted by molar-refractivity contribution is -0.138. The lowest BCUT2D eigenvalue weighted by Gasteiger charge is -2.23. The molecule has 4 nitrogen and oxygen atoms in total. The Kier molecular flexibility index (Phi) is 4.14. The van der Waals surface area contributed by atoms with Crippen LogP contribution in [0.5, 0.6) is 0 Å². The molecule has 1 atom stereocenters. The second kappa shape index (κ2) is 5.96. The summed E-state index contributed by atoms with van der Waals surface area (Å²) in [5.74, 6) is 1.53. The Bertz CT molecular complexity index is 679. The highest BCUT2D eigenvalue weighted by Gasteiger charge is 2.34. The van der Waals surface area contributed by atoms with Crippen molar-refractivity contribution in [3.8, 4) is 0 Å². The van der Waals surface area contributed by atoms with E-state index in [-0.39, 0.29) is 18.2 Å². The normalized spacial score (nSPS) is 16.8. The molecule has 3 rings (SSSR count). The quantitative estimate of drug-likeness (QED) is 0.828. The smallest absolute Gasteiger partial charge is 0.338 e. The number of nitrogens with zero attached hydrogens (tertiary/aromatic N) is 3. The summed E-state index contributed by atoms with van der Waals surface area (Å²) in [6.07, 6.45) is -2.21. The summed E-state index contributed by atoms with van der Waals surface area (Å²) in [6.45, 7) is 2.00. The number of hydrogen-bond acceptors (Lipinski definition) is 4. The van der Waals surface area contributed by atoms with Gasteiger partial charge in [-0.3, -0.25) is 4.90 Å². The van der Waals surface area contributed by atoms with Gasteiger partial charge in [-0.25, -0.2) is 0 Å². The molecule has 2 aromatic rings. The third kappa shape index (κ3) is 3.55. The predicted molar refractivity (Wildman–Crippen MR) is 77.6 cm³/mol. The largest absolute Gasteiger partial charge is 0.416 e. The van der Waals surface area contributed by atoms with Gasteiger partial charge in [-0.05, 0) is 38.4 Å². The minimum absolute atomic E-state index is 0.151. The second-order valence-electron chi connectivity index (χ2n) is 6.01. The van der Waals surface area contributed by atoms with Crippen molar-refractivity contribution < 1.29 is 17.7 Å². The van der Waals surface area contributed by atoms with E-state index in [2.05, 4.69) is 10.1 Å². The van der Waals surface area contributed by atoms with Gasteiger partial charge in [-0.1, -0.05) is 23.4 Å².